The lowest BCUT2D eigenvalue weighted by Crippen LogP contribution is -2.30. The molecule has 610 valence electrons. The number of phosphoric ester groups is 2. The molecular formula is C89H142O17P2. The lowest BCUT2D eigenvalue weighted by Gasteiger charge is -2.21. The third-order valence-corrected chi connectivity index (χ3v) is 17.9. The van der Waals surface area contributed by atoms with Crippen LogP contribution in [0.1, 0.15) is 285 Å². The van der Waals surface area contributed by atoms with E-state index in [0.29, 0.717) is 32.1 Å². The van der Waals surface area contributed by atoms with Crippen molar-refractivity contribution >= 4 is 39.5 Å². The molecular weight excluding hydrogens is 1400 g/mol. The van der Waals surface area contributed by atoms with Gasteiger partial charge in [0.2, 0.25) is 0 Å². The summed E-state index contributed by atoms with van der Waals surface area (Å²) in [6.07, 6.45) is 96.9. The maximum atomic E-state index is 13.1. The molecule has 0 aliphatic carbocycles. The molecule has 0 aromatic rings. The van der Waals surface area contributed by atoms with Gasteiger partial charge < -0.3 is 33.8 Å². The van der Waals surface area contributed by atoms with E-state index in [1.54, 1.807) is 0 Å². The van der Waals surface area contributed by atoms with E-state index >= 15 is 0 Å². The number of hydrogen-bond donors (Lipinski definition) is 3. The molecule has 0 saturated heterocycles. The molecule has 19 heteroatoms. The number of aliphatic hydroxyl groups is 1. The lowest BCUT2D eigenvalue weighted by atomic mass is 10.1. The molecule has 0 aliphatic rings. The predicted molar refractivity (Wildman–Crippen MR) is 445 cm³/mol. The average molecular weight is 1550 g/mol. The highest BCUT2D eigenvalue weighted by Gasteiger charge is 2.30. The summed E-state index contributed by atoms with van der Waals surface area (Å²) in [5.41, 5.74) is 0. The summed E-state index contributed by atoms with van der Waals surface area (Å²) in [5.74, 6) is -2.31. The van der Waals surface area contributed by atoms with Gasteiger partial charge in [0, 0.05) is 25.7 Å². The van der Waals surface area contributed by atoms with Crippen molar-refractivity contribution in [3.8, 4) is 0 Å². The second kappa shape index (κ2) is 79.0. The minimum Gasteiger partial charge on any atom is -0.462 e. The van der Waals surface area contributed by atoms with E-state index in [2.05, 4.69) is 222 Å². The second-order valence-corrected chi connectivity index (χ2v) is 29.1. The molecule has 5 atom stereocenters. The number of allylic oxidation sites excluding steroid dienone is 32. The fraction of sp³-hybridized carbons (Fsp3) is 0.596. The van der Waals surface area contributed by atoms with E-state index in [1.165, 1.54) is 0 Å². The van der Waals surface area contributed by atoms with Gasteiger partial charge in [-0.15, -0.1) is 0 Å². The van der Waals surface area contributed by atoms with Gasteiger partial charge in [-0.25, -0.2) is 9.13 Å². The molecule has 0 saturated carbocycles. The molecule has 0 rings (SSSR count). The van der Waals surface area contributed by atoms with Crippen LogP contribution in [-0.4, -0.2) is 96.7 Å². The summed E-state index contributed by atoms with van der Waals surface area (Å²) in [6, 6.07) is 0. The Morgan fingerprint density at radius 1 is 0.259 bits per heavy atom. The second-order valence-electron chi connectivity index (χ2n) is 26.2. The van der Waals surface area contributed by atoms with Crippen LogP contribution in [0.3, 0.4) is 0 Å². The summed E-state index contributed by atoms with van der Waals surface area (Å²) >= 11 is 0. The topological polar surface area (TPSA) is 237 Å². The molecule has 0 bridgehead atoms. The van der Waals surface area contributed by atoms with Gasteiger partial charge in [-0.1, -0.05) is 273 Å². The van der Waals surface area contributed by atoms with Crippen molar-refractivity contribution in [3.05, 3.63) is 194 Å². The van der Waals surface area contributed by atoms with Crippen LogP contribution in [0.4, 0.5) is 0 Å². The van der Waals surface area contributed by atoms with Crippen molar-refractivity contribution in [2.45, 2.75) is 303 Å². The zero-order valence-corrected chi connectivity index (χ0v) is 68.5. The van der Waals surface area contributed by atoms with Gasteiger partial charge in [-0.2, -0.15) is 0 Å². The molecule has 0 heterocycles. The van der Waals surface area contributed by atoms with Crippen molar-refractivity contribution in [2.75, 3.05) is 39.6 Å². The van der Waals surface area contributed by atoms with Crippen molar-refractivity contribution in [1.29, 1.82) is 0 Å². The van der Waals surface area contributed by atoms with Crippen LogP contribution in [0.5, 0.6) is 0 Å². The molecule has 0 radical (unpaired) electrons. The van der Waals surface area contributed by atoms with Crippen LogP contribution in [-0.2, 0) is 65.4 Å². The number of hydrogen-bond acceptors (Lipinski definition) is 15. The van der Waals surface area contributed by atoms with Crippen LogP contribution in [0, 0.1) is 0 Å². The molecule has 3 N–H and O–H groups in total. The third-order valence-electron chi connectivity index (χ3n) is 16.0. The van der Waals surface area contributed by atoms with Crippen LogP contribution < -0.4 is 0 Å². The van der Waals surface area contributed by atoms with Gasteiger partial charge in [0.05, 0.1) is 26.4 Å². The van der Waals surface area contributed by atoms with E-state index in [0.717, 1.165) is 199 Å². The number of esters is 4. The van der Waals surface area contributed by atoms with Gasteiger partial charge in [0.1, 0.15) is 19.3 Å². The molecule has 17 nitrogen and oxygen atoms in total. The van der Waals surface area contributed by atoms with Crippen molar-refractivity contribution in [1.82, 2.24) is 0 Å². The fourth-order valence-corrected chi connectivity index (χ4v) is 11.6. The number of carbonyl (C=O) groups excluding carboxylic acids is 4. The number of carbonyl (C=O) groups is 4. The van der Waals surface area contributed by atoms with E-state index < -0.39 is 97.5 Å². The van der Waals surface area contributed by atoms with Crippen LogP contribution in [0.15, 0.2) is 194 Å². The Labute approximate surface area is 653 Å². The number of ether oxygens (including phenoxy) is 4. The average Bonchev–Trinajstić information content (AvgIpc) is 0.901. The van der Waals surface area contributed by atoms with Gasteiger partial charge in [0.25, 0.3) is 0 Å². The molecule has 0 fully saturated rings. The van der Waals surface area contributed by atoms with Crippen molar-refractivity contribution < 1.29 is 80.2 Å². The molecule has 0 aromatic carbocycles. The zero-order chi connectivity index (χ0) is 78.9. The Morgan fingerprint density at radius 3 is 0.713 bits per heavy atom. The molecule has 0 spiro atoms. The first-order chi connectivity index (χ1) is 52.7. The Hall–Kier alpha value is -6.10. The van der Waals surface area contributed by atoms with Crippen LogP contribution >= 0.6 is 15.6 Å². The minimum absolute atomic E-state index is 0.0306. The Balaban J connectivity index is 5.48. The smallest absolute Gasteiger partial charge is 0.462 e. The standard InChI is InChI=1S/C89H142O17P2/c1-5-9-13-17-21-25-29-33-37-40-41-44-47-50-54-58-62-66-70-74-87(92)100-79-84(105-88(93)75-71-67-63-59-55-51-45-36-32-28-24-20-16-12-8-4)81-103-107(95,96)101-77-83(90)78-102-108(97,98)104-82-85(106-89(94)76-72-68-64-60-56-52-48-43-39-35-31-27-23-19-15-11-7-3)80-99-86(91)73-69-65-61-57-53-49-46-42-38-34-30-26-22-18-14-10-6-2/h9-16,21-28,33-39,41,44-46,48-49,52,55,59,83-85,90H,5-8,17-20,29-32,40,42-43,47,50-51,53-54,56-58,60-82H2,1-4H3,(H,95,96)(H,97,98)/b13-9-,14-10-,15-11-,16-12-,25-21-,26-22-,27-23-,28-24-,37-33-,38-34-,39-35-,44-41-,45-36-,49-46-,52-48-,59-55-. The Kier molecular flexibility index (Phi) is 74.5. The summed E-state index contributed by atoms with van der Waals surface area (Å²) < 4.78 is 68.6. The van der Waals surface area contributed by atoms with Gasteiger partial charge in [-0.05, 0) is 180 Å². The van der Waals surface area contributed by atoms with Gasteiger partial charge in [-0.3, -0.25) is 37.3 Å². The number of phosphoric acid groups is 2. The van der Waals surface area contributed by atoms with E-state index in [1.807, 2.05) is 0 Å². The summed E-state index contributed by atoms with van der Waals surface area (Å²) in [6.45, 7) is 4.28. The Bertz CT molecular complexity index is 2810. The summed E-state index contributed by atoms with van der Waals surface area (Å²) in [4.78, 5) is 73.1. The first-order valence-corrected chi connectivity index (χ1v) is 43.7. The number of unbranched alkanes of at least 4 members (excludes halogenated alkanes) is 16. The summed E-state index contributed by atoms with van der Waals surface area (Å²) in [7, 11) is -10.0. The third kappa shape index (κ3) is 78.0. The highest BCUT2D eigenvalue weighted by molar-refractivity contribution is 7.47. The van der Waals surface area contributed by atoms with Crippen molar-refractivity contribution in [3.63, 3.8) is 0 Å². The lowest BCUT2D eigenvalue weighted by molar-refractivity contribution is -0.161. The maximum absolute atomic E-state index is 13.1. The SMILES string of the molecule is CC/C=C\C/C=C\C/C=C\C/C=C\CCCCCCCCC(=O)OCC(COP(=O)(O)OCC(O)COP(=O)(O)OCC(COC(=O)CCCCCC/C=C\C/C=C\C/C=C\C/C=C\CC)OC(=O)CCCCCC/C=C\C/C=C\C/C=C\C/C=C\CC)OC(=O)CCCC/C=C\C/C=C\C/C=C\C/C=C\CC. The highest BCUT2D eigenvalue weighted by atomic mass is 31.2. The maximum Gasteiger partial charge on any atom is 0.472 e. The number of aliphatic hydroxyl groups excluding tert-OH is 1. The first kappa shape index (κ1) is 102. The summed E-state index contributed by atoms with van der Waals surface area (Å²) in [5, 5.41) is 10.7. The quantitative estimate of drug-likeness (QED) is 0.0169. The van der Waals surface area contributed by atoms with Crippen LogP contribution in [0.2, 0.25) is 0 Å². The zero-order valence-electron chi connectivity index (χ0n) is 66.7. The van der Waals surface area contributed by atoms with E-state index in [-0.39, 0.29) is 25.7 Å². The Morgan fingerprint density at radius 2 is 0.454 bits per heavy atom. The fourth-order valence-electron chi connectivity index (χ4n) is 10.0. The molecule has 0 aromatic heterocycles. The van der Waals surface area contributed by atoms with Crippen LogP contribution in [0.25, 0.3) is 0 Å². The minimum atomic E-state index is -5.01. The molecule has 108 heavy (non-hydrogen) atoms. The van der Waals surface area contributed by atoms with Crippen molar-refractivity contribution in [2.24, 2.45) is 0 Å². The van der Waals surface area contributed by atoms with Gasteiger partial charge in [0.15, 0.2) is 12.2 Å². The first-order valence-electron chi connectivity index (χ1n) is 40.7. The monoisotopic (exact) mass is 1540 g/mol. The molecule has 5 unspecified atom stereocenters. The predicted octanol–water partition coefficient (Wildman–Crippen LogP) is 24.1. The highest BCUT2D eigenvalue weighted by Crippen LogP contribution is 2.45. The number of rotatable bonds is 74. The van der Waals surface area contributed by atoms with E-state index in [4.69, 9.17) is 37.0 Å². The van der Waals surface area contributed by atoms with Gasteiger partial charge >= 0.3 is 39.5 Å². The largest absolute Gasteiger partial charge is 0.472 e. The molecule has 0 aliphatic heterocycles. The molecule has 0 amide bonds. The normalized spacial score (nSPS) is 14.8. The van der Waals surface area contributed by atoms with E-state index in [9.17, 15) is 43.2 Å².